The average molecular weight is 270 g/mol. The molecule has 0 bridgehead atoms. The molecule has 0 N–H and O–H groups in total. The molecule has 7 heteroatoms. The van der Waals surface area contributed by atoms with Crippen LogP contribution >= 0.6 is 15.9 Å². The lowest BCUT2D eigenvalue weighted by atomic mass is 10.2. The van der Waals surface area contributed by atoms with Crippen molar-refractivity contribution < 1.29 is 18.1 Å². The molecule has 0 spiro atoms. The fourth-order valence-corrected chi connectivity index (χ4v) is 1.32. The van der Waals surface area contributed by atoms with Crippen molar-refractivity contribution in [3.63, 3.8) is 0 Å². The van der Waals surface area contributed by atoms with E-state index < -0.39 is 28.4 Å². The highest BCUT2D eigenvalue weighted by Gasteiger charge is 2.21. The predicted octanol–water partition coefficient (Wildman–Crippen LogP) is 3.43. The van der Waals surface area contributed by atoms with Crippen LogP contribution in [0.4, 0.5) is 18.9 Å². The van der Waals surface area contributed by atoms with Crippen LogP contribution in [0.3, 0.4) is 0 Å². The van der Waals surface area contributed by atoms with Crippen LogP contribution in [-0.2, 0) is 0 Å². The van der Waals surface area contributed by atoms with Crippen LogP contribution in [0.5, 0.6) is 0 Å². The SMILES string of the molecule is O=[N+]([O-])c1cc(Br)c(F)c(C(F)F)c1. The molecule has 0 aliphatic carbocycles. The van der Waals surface area contributed by atoms with E-state index in [-0.39, 0.29) is 4.47 Å². The first-order valence-corrected chi connectivity index (χ1v) is 4.14. The minimum absolute atomic E-state index is 0.345. The zero-order valence-electron chi connectivity index (χ0n) is 6.51. The Bertz CT molecular complexity index is 383. The second-order valence-corrected chi connectivity index (χ2v) is 3.24. The van der Waals surface area contributed by atoms with Gasteiger partial charge in [0.2, 0.25) is 0 Å². The summed E-state index contributed by atoms with van der Waals surface area (Å²) in [4.78, 5) is 9.39. The van der Waals surface area contributed by atoms with Crippen LogP contribution in [0, 0.1) is 15.9 Å². The number of alkyl halides is 2. The lowest BCUT2D eigenvalue weighted by Gasteiger charge is -2.03. The van der Waals surface area contributed by atoms with Gasteiger partial charge in [0.15, 0.2) is 0 Å². The van der Waals surface area contributed by atoms with E-state index in [1.165, 1.54) is 0 Å². The number of benzene rings is 1. The monoisotopic (exact) mass is 269 g/mol. The van der Waals surface area contributed by atoms with Crippen molar-refractivity contribution in [1.29, 1.82) is 0 Å². The molecule has 0 fully saturated rings. The molecule has 14 heavy (non-hydrogen) atoms. The first kappa shape index (κ1) is 11.0. The van der Waals surface area contributed by atoms with Crippen LogP contribution in [0.25, 0.3) is 0 Å². The third kappa shape index (κ3) is 2.03. The summed E-state index contributed by atoms with van der Waals surface area (Å²) in [5, 5.41) is 10.3. The molecule has 1 aromatic rings. The Labute approximate surface area is 84.8 Å². The fraction of sp³-hybridized carbons (Fsp3) is 0.143. The highest BCUT2D eigenvalue weighted by Crippen LogP contribution is 2.31. The number of non-ortho nitro benzene ring substituents is 1. The van der Waals surface area contributed by atoms with Gasteiger partial charge in [-0.25, -0.2) is 13.2 Å². The molecule has 0 aromatic heterocycles. The Morgan fingerprint density at radius 2 is 2.00 bits per heavy atom. The van der Waals surface area contributed by atoms with Crippen LogP contribution in [0.15, 0.2) is 16.6 Å². The van der Waals surface area contributed by atoms with E-state index in [1.807, 2.05) is 0 Å². The number of hydrogen-bond donors (Lipinski definition) is 0. The first-order valence-electron chi connectivity index (χ1n) is 3.35. The van der Waals surface area contributed by atoms with E-state index >= 15 is 0 Å². The van der Waals surface area contributed by atoms with Gasteiger partial charge in [-0.3, -0.25) is 10.1 Å². The van der Waals surface area contributed by atoms with Gasteiger partial charge < -0.3 is 0 Å². The van der Waals surface area contributed by atoms with E-state index in [2.05, 4.69) is 15.9 Å². The Morgan fingerprint density at radius 3 is 2.43 bits per heavy atom. The molecule has 76 valence electrons. The van der Waals surface area contributed by atoms with Crippen molar-refractivity contribution in [1.82, 2.24) is 0 Å². The van der Waals surface area contributed by atoms with Crippen LogP contribution in [-0.4, -0.2) is 4.92 Å². The Morgan fingerprint density at radius 1 is 1.43 bits per heavy atom. The third-order valence-corrected chi connectivity index (χ3v) is 2.06. The van der Waals surface area contributed by atoms with Crippen LogP contribution < -0.4 is 0 Å². The van der Waals surface area contributed by atoms with Crippen LogP contribution in [0.1, 0.15) is 12.0 Å². The first-order chi connectivity index (χ1) is 6.43. The molecule has 0 unspecified atom stereocenters. The Kier molecular flexibility index (Phi) is 3.10. The Hall–Kier alpha value is -1.11. The van der Waals surface area contributed by atoms with Gasteiger partial charge in [-0.1, -0.05) is 0 Å². The lowest BCUT2D eigenvalue weighted by molar-refractivity contribution is -0.385. The van der Waals surface area contributed by atoms with Crippen LogP contribution in [0.2, 0.25) is 0 Å². The van der Waals surface area contributed by atoms with Gasteiger partial charge in [-0.2, -0.15) is 0 Å². The van der Waals surface area contributed by atoms with E-state index in [0.29, 0.717) is 6.07 Å². The van der Waals surface area contributed by atoms with Gasteiger partial charge in [-0.15, -0.1) is 0 Å². The maximum atomic E-state index is 12.9. The van der Waals surface area contributed by atoms with Crippen molar-refractivity contribution in [3.05, 3.63) is 38.1 Å². The zero-order valence-corrected chi connectivity index (χ0v) is 8.09. The van der Waals surface area contributed by atoms with Gasteiger partial charge in [0.1, 0.15) is 5.82 Å². The third-order valence-electron chi connectivity index (χ3n) is 1.49. The summed E-state index contributed by atoms with van der Waals surface area (Å²) < 4.78 is 36.9. The quantitative estimate of drug-likeness (QED) is 0.610. The van der Waals surface area contributed by atoms with Crippen molar-refractivity contribution in [3.8, 4) is 0 Å². The molecule has 0 atom stereocenters. The van der Waals surface area contributed by atoms with E-state index in [0.717, 1.165) is 6.07 Å². The maximum absolute atomic E-state index is 12.9. The minimum atomic E-state index is -3.08. The molecule has 1 rings (SSSR count). The van der Waals surface area contributed by atoms with Crippen molar-refractivity contribution in [2.75, 3.05) is 0 Å². The van der Waals surface area contributed by atoms with Gasteiger partial charge in [0, 0.05) is 12.1 Å². The summed E-state index contributed by atoms with van der Waals surface area (Å²) in [5.41, 5.74) is -1.56. The van der Waals surface area contributed by atoms with Crippen molar-refractivity contribution in [2.45, 2.75) is 6.43 Å². The number of halogens is 4. The minimum Gasteiger partial charge on any atom is -0.258 e. The van der Waals surface area contributed by atoms with E-state index in [4.69, 9.17) is 0 Å². The Balaban J connectivity index is 3.35. The van der Waals surface area contributed by atoms with Crippen molar-refractivity contribution in [2.24, 2.45) is 0 Å². The number of nitro benzene ring substituents is 1. The molecular formula is C7H3BrF3NO2. The molecule has 0 saturated heterocycles. The summed E-state index contributed by atoms with van der Waals surface area (Å²) in [5.74, 6) is -1.18. The smallest absolute Gasteiger partial charge is 0.258 e. The van der Waals surface area contributed by atoms with Crippen molar-refractivity contribution >= 4 is 21.6 Å². The fourth-order valence-electron chi connectivity index (χ4n) is 0.860. The molecular weight excluding hydrogens is 267 g/mol. The van der Waals surface area contributed by atoms with E-state index in [1.54, 1.807) is 0 Å². The second kappa shape index (κ2) is 3.95. The summed E-state index contributed by atoms with van der Waals surface area (Å²) in [6.45, 7) is 0. The molecule has 0 aliphatic heterocycles. The summed E-state index contributed by atoms with van der Waals surface area (Å²) in [6.07, 6.45) is -3.08. The molecule has 0 heterocycles. The predicted molar refractivity (Wildman–Crippen MR) is 45.7 cm³/mol. The summed E-state index contributed by atoms with van der Waals surface area (Å²) >= 11 is 2.62. The van der Waals surface area contributed by atoms with Gasteiger partial charge in [0.05, 0.1) is 15.0 Å². The number of hydrogen-bond acceptors (Lipinski definition) is 2. The maximum Gasteiger partial charge on any atom is 0.271 e. The summed E-state index contributed by atoms with van der Waals surface area (Å²) in [7, 11) is 0. The molecule has 0 amide bonds. The molecule has 0 aliphatic rings. The number of rotatable bonds is 2. The van der Waals surface area contributed by atoms with Gasteiger partial charge >= 0.3 is 0 Å². The highest BCUT2D eigenvalue weighted by molar-refractivity contribution is 9.10. The normalized spacial score (nSPS) is 10.6. The number of nitrogens with zero attached hydrogens (tertiary/aromatic N) is 1. The molecule has 0 radical (unpaired) electrons. The van der Waals surface area contributed by atoms with Gasteiger partial charge in [-0.05, 0) is 15.9 Å². The standard InChI is InChI=1S/C7H3BrF3NO2/c8-5-2-3(12(13)14)1-4(6(5)9)7(10)11/h1-2,7H. The second-order valence-electron chi connectivity index (χ2n) is 2.39. The summed E-state index contributed by atoms with van der Waals surface area (Å²) in [6, 6.07) is 1.35. The lowest BCUT2D eigenvalue weighted by Crippen LogP contribution is -1.96. The zero-order chi connectivity index (χ0) is 10.9. The van der Waals surface area contributed by atoms with Gasteiger partial charge in [0.25, 0.3) is 12.1 Å². The molecule has 3 nitrogen and oxygen atoms in total. The molecule has 1 aromatic carbocycles. The number of nitro groups is 1. The topological polar surface area (TPSA) is 43.1 Å². The molecule has 0 saturated carbocycles. The van der Waals surface area contributed by atoms with E-state index in [9.17, 15) is 23.3 Å². The highest BCUT2D eigenvalue weighted by atomic mass is 79.9. The average Bonchev–Trinajstić information content (AvgIpc) is 2.08. The largest absolute Gasteiger partial charge is 0.271 e.